The first-order valence-corrected chi connectivity index (χ1v) is 7.63. The van der Waals surface area contributed by atoms with Gasteiger partial charge in [0.25, 0.3) is 0 Å². The highest BCUT2D eigenvalue weighted by molar-refractivity contribution is 5.85. The van der Waals surface area contributed by atoms with Crippen LogP contribution in [0.15, 0.2) is 54.6 Å². The number of methoxy groups -OCH3 is 1. The van der Waals surface area contributed by atoms with Gasteiger partial charge < -0.3 is 10.5 Å². The molecule has 0 amide bonds. The largest absolute Gasteiger partial charge is 0.497 e. The van der Waals surface area contributed by atoms with E-state index in [1.807, 2.05) is 12.1 Å². The Morgan fingerprint density at radius 3 is 2.09 bits per heavy atom. The summed E-state index contributed by atoms with van der Waals surface area (Å²) >= 11 is 0. The average molecular weight is 316 g/mol. The highest BCUT2D eigenvalue weighted by atomic mass is 35.5. The van der Waals surface area contributed by atoms with Gasteiger partial charge in [0.1, 0.15) is 5.75 Å². The molecule has 1 unspecified atom stereocenters. The smallest absolute Gasteiger partial charge is 0.118 e. The molecule has 0 radical (unpaired) electrons. The van der Waals surface area contributed by atoms with Crippen LogP contribution in [0.1, 0.15) is 36.4 Å². The Labute approximate surface area is 138 Å². The molecule has 2 bridgehead atoms. The molecule has 0 aromatic heterocycles. The third-order valence-electron chi connectivity index (χ3n) is 5.59. The minimum absolute atomic E-state index is 0. The molecule has 3 aliphatic carbocycles. The van der Waals surface area contributed by atoms with Crippen molar-refractivity contribution in [2.75, 3.05) is 7.11 Å². The van der Waals surface area contributed by atoms with E-state index in [0.29, 0.717) is 10.8 Å². The van der Waals surface area contributed by atoms with Crippen molar-refractivity contribution < 1.29 is 4.74 Å². The normalized spacial score (nSPS) is 29.5. The fourth-order valence-corrected chi connectivity index (χ4v) is 4.46. The van der Waals surface area contributed by atoms with Gasteiger partial charge in [-0.2, -0.15) is 0 Å². The zero-order chi connectivity index (χ0) is 14.5. The summed E-state index contributed by atoms with van der Waals surface area (Å²) in [6, 6.07) is 19.3. The molecule has 2 aromatic carbocycles. The molecule has 3 heteroatoms. The fraction of sp³-hybridized carbons (Fsp3) is 0.368. The second-order valence-electron chi connectivity index (χ2n) is 6.79. The summed E-state index contributed by atoms with van der Waals surface area (Å²) in [5.41, 5.74) is 10.0. The average Bonchev–Trinajstić information content (AvgIpc) is 2.46. The molecule has 0 spiro atoms. The van der Waals surface area contributed by atoms with Crippen LogP contribution in [0.5, 0.6) is 5.75 Å². The van der Waals surface area contributed by atoms with E-state index in [0.717, 1.165) is 5.75 Å². The molecule has 2 N–H and O–H groups in total. The van der Waals surface area contributed by atoms with Crippen molar-refractivity contribution in [3.05, 3.63) is 65.7 Å². The molecule has 22 heavy (non-hydrogen) atoms. The molecule has 3 aliphatic rings. The minimum atomic E-state index is 0. The van der Waals surface area contributed by atoms with Crippen LogP contribution in [-0.2, 0) is 5.41 Å². The summed E-state index contributed by atoms with van der Waals surface area (Å²) < 4.78 is 5.22. The van der Waals surface area contributed by atoms with Gasteiger partial charge in [0.05, 0.1) is 7.11 Å². The van der Waals surface area contributed by atoms with Crippen molar-refractivity contribution >= 4 is 12.4 Å². The molecule has 5 rings (SSSR count). The quantitative estimate of drug-likeness (QED) is 0.916. The summed E-state index contributed by atoms with van der Waals surface area (Å²) in [6.45, 7) is 0. The Balaban J connectivity index is 0.00000144. The lowest BCUT2D eigenvalue weighted by molar-refractivity contribution is -0.159. The summed E-state index contributed by atoms with van der Waals surface area (Å²) in [7, 11) is 1.69. The van der Waals surface area contributed by atoms with Crippen molar-refractivity contribution in [2.45, 2.75) is 30.7 Å². The predicted octanol–water partition coefficient (Wildman–Crippen LogP) is 4.24. The Kier molecular flexibility index (Phi) is 3.70. The lowest BCUT2D eigenvalue weighted by Gasteiger charge is -2.73. The number of benzene rings is 2. The highest BCUT2D eigenvalue weighted by Gasteiger charge is 2.70. The minimum Gasteiger partial charge on any atom is -0.497 e. The molecule has 116 valence electrons. The van der Waals surface area contributed by atoms with Crippen LogP contribution in [-0.4, -0.2) is 7.11 Å². The van der Waals surface area contributed by atoms with Crippen molar-refractivity contribution in [3.8, 4) is 5.75 Å². The number of nitrogens with two attached hydrogens (primary N) is 1. The van der Waals surface area contributed by atoms with Crippen LogP contribution in [0.3, 0.4) is 0 Å². The molecule has 0 heterocycles. The van der Waals surface area contributed by atoms with Gasteiger partial charge in [0, 0.05) is 6.04 Å². The van der Waals surface area contributed by atoms with Crippen LogP contribution in [0.25, 0.3) is 0 Å². The van der Waals surface area contributed by atoms with Crippen LogP contribution < -0.4 is 10.5 Å². The van der Waals surface area contributed by atoms with Crippen LogP contribution in [0.4, 0.5) is 0 Å². The van der Waals surface area contributed by atoms with Crippen LogP contribution in [0, 0.1) is 5.41 Å². The molecule has 2 aromatic rings. The van der Waals surface area contributed by atoms with Gasteiger partial charge in [0.15, 0.2) is 0 Å². The molecular weight excluding hydrogens is 294 g/mol. The zero-order valence-corrected chi connectivity index (χ0v) is 13.6. The molecule has 3 saturated carbocycles. The SMILES string of the molecule is COc1ccc(C(N)C23CC(c4ccccc4)(C2)C3)cc1.Cl. The van der Waals surface area contributed by atoms with E-state index in [1.54, 1.807) is 7.11 Å². The maximum absolute atomic E-state index is 6.56. The molecule has 3 fully saturated rings. The van der Waals surface area contributed by atoms with Gasteiger partial charge in [-0.1, -0.05) is 42.5 Å². The summed E-state index contributed by atoms with van der Waals surface area (Å²) in [5.74, 6) is 0.893. The summed E-state index contributed by atoms with van der Waals surface area (Å²) in [6.07, 6.45) is 3.70. The van der Waals surface area contributed by atoms with Gasteiger partial charge >= 0.3 is 0 Å². The Hall–Kier alpha value is -1.51. The van der Waals surface area contributed by atoms with Gasteiger partial charge in [-0.05, 0) is 53.4 Å². The molecular formula is C19H22ClNO. The second kappa shape index (κ2) is 5.29. The standard InChI is InChI=1S/C19H21NO.ClH/c1-21-16-9-7-14(8-10-16)17(20)19-11-18(12-19,13-19)15-5-3-2-4-6-15;/h2-10,17H,11-13,20H2,1H3;1H. The Morgan fingerprint density at radius 1 is 0.955 bits per heavy atom. The number of hydrogen-bond donors (Lipinski definition) is 1. The van der Waals surface area contributed by atoms with Crippen molar-refractivity contribution in [1.29, 1.82) is 0 Å². The highest BCUT2D eigenvalue weighted by Crippen LogP contribution is 2.77. The van der Waals surface area contributed by atoms with Crippen molar-refractivity contribution in [1.82, 2.24) is 0 Å². The lowest BCUT2D eigenvalue weighted by atomic mass is 9.31. The van der Waals surface area contributed by atoms with Crippen molar-refractivity contribution in [3.63, 3.8) is 0 Å². The second-order valence-corrected chi connectivity index (χ2v) is 6.79. The first-order chi connectivity index (χ1) is 10.2. The van der Waals surface area contributed by atoms with E-state index in [9.17, 15) is 0 Å². The maximum atomic E-state index is 6.56. The summed E-state index contributed by atoms with van der Waals surface area (Å²) in [5, 5.41) is 0. The van der Waals surface area contributed by atoms with E-state index >= 15 is 0 Å². The van der Waals surface area contributed by atoms with E-state index in [4.69, 9.17) is 10.5 Å². The molecule has 0 aliphatic heterocycles. The van der Waals surface area contributed by atoms with Crippen molar-refractivity contribution in [2.24, 2.45) is 11.1 Å². The first kappa shape index (κ1) is 15.4. The van der Waals surface area contributed by atoms with E-state index in [1.165, 1.54) is 30.4 Å². The lowest BCUT2D eigenvalue weighted by Crippen LogP contribution is -2.68. The molecule has 2 nitrogen and oxygen atoms in total. The first-order valence-electron chi connectivity index (χ1n) is 7.63. The fourth-order valence-electron chi connectivity index (χ4n) is 4.46. The van der Waals surface area contributed by atoms with Gasteiger partial charge in [-0.25, -0.2) is 0 Å². The monoisotopic (exact) mass is 315 g/mol. The number of ether oxygens (including phenoxy) is 1. The molecule has 1 atom stereocenters. The topological polar surface area (TPSA) is 35.2 Å². The van der Waals surface area contributed by atoms with E-state index < -0.39 is 0 Å². The van der Waals surface area contributed by atoms with E-state index in [-0.39, 0.29) is 18.4 Å². The third-order valence-corrected chi connectivity index (χ3v) is 5.59. The van der Waals surface area contributed by atoms with Gasteiger partial charge in [-0.15, -0.1) is 12.4 Å². The summed E-state index contributed by atoms with van der Waals surface area (Å²) in [4.78, 5) is 0. The van der Waals surface area contributed by atoms with Gasteiger partial charge in [0.2, 0.25) is 0 Å². The number of rotatable bonds is 4. The Morgan fingerprint density at radius 2 is 1.55 bits per heavy atom. The predicted molar refractivity (Wildman–Crippen MR) is 91.6 cm³/mol. The van der Waals surface area contributed by atoms with Crippen LogP contribution >= 0.6 is 12.4 Å². The third kappa shape index (κ3) is 2.05. The van der Waals surface area contributed by atoms with Gasteiger partial charge in [-0.3, -0.25) is 0 Å². The number of halogens is 1. The maximum Gasteiger partial charge on any atom is 0.118 e. The molecule has 0 saturated heterocycles. The van der Waals surface area contributed by atoms with E-state index in [2.05, 4.69) is 42.5 Å². The zero-order valence-electron chi connectivity index (χ0n) is 12.8. The van der Waals surface area contributed by atoms with Crippen LogP contribution in [0.2, 0.25) is 0 Å². The number of hydrogen-bond acceptors (Lipinski definition) is 2. The Bertz CT molecular complexity index is 633.